The van der Waals surface area contributed by atoms with Crippen LogP contribution in [0.5, 0.6) is 0 Å². The number of rotatable bonds is 2. The SMILES string of the molecule is CC(c1ccccc1Br)N1CCC[C@@H](N)C1.Cl.Cl. The van der Waals surface area contributed by atoms with E-state index < -0.39 is 0 Å². The maximum Gasteiger partial charge on any atom is 0.0331 e. The Balaban J connectivity index is 0.00000144. The summed E-state index contributed by atoms with van der Waals surface area (Å²) in [6, 6.07) is 9.24. The van der Waals surface area contributed by atoms with Crippen LogP contribution < -0.4 is 5.73 Å². The van der Waals surface area contributed by atoms with E-state index in [1.165, 1.54) is 22.9 Å². The maximum atomic E-state index is 6.03. The van der Waals surface area contributed by atoms with Crippen molar-refractivity contribution < 1.29 is 0 Å². The van der Waals surface area contributed by atoms with E-state index in [-0.39, 0.29) is 24.8 Å². The van der Waals surface area contributed by atoms with Crippen molar-refractivity contribution in [1.29, 1.82) is 0 Å². The average molecular weight is 356 g/mol. The number of nitrogens with zero attached hydrogens (tertiary/aromatic N) is 1. The van der Waals surface area contributed by atoms with Crippen LogP contribution in [0.25, 0.3) is 0 Å². The van der Waals surface area contributed by atoms with Crippen LogP contribution in [0.15, 0.2) is 28.7 Å². The molecule has 5 heteroatoms. The van der Waals surface area contributed by atoms with Crippen molar-refractivity contribution in [2.45, 2.75) is 31.8 Å². The third-order valence-electron chi connectivity index (χ3n) is 3.39. The molecule has 0 amide bonds. The number of hydrogen-bond acceptors (Lipinski definition) is 2. The second-order valence-corrected chi connectivity index (χ2v) is 5.45. The predicted octanol–water partition coefficient (Wildman–Crippen LogP) is 3.78. The molecule has 1 saturated heterocycles. The molecule has 0 aromatic heterocycles. The highest BCUT2D eigenvalue weighted by Crippen LogP contribution is 2.29. The Morgan fingerprint density at radius 3 is 2.61 bits per heavy atom. The summed E-state index contributed by atoms with van der Waals surface area (Å²) in [4.78, 5) is 2.48. The normalized spacial score (nSPS) is 21.6. The molecule has 18 heavy (non-hydrogen) atoms. The first-order chi connectivity index (χ1) is 7.68. The van der Waals surface area contributed by atoms with Crippen LogP contribution in [0.1, 0.15) is 31.4 Å². The largest absolute Gasteiger partial charge is 0.327 e. The van der Waals surface area contributed by atoms with Gasteiger partial charge in [-0.15, -0.1) is 24.8 Å². The Bertz CT molecular complexity index is 363. The molecule has 0 aliphatic carbocycles. The molecule has 1 heterocycles. The van der Waals surface area contributed by atoms with E-state index in [0.717, 1.165) is 13.1 Å². The molecule has 1 unspecified atom stereocenters. The summed E-state index contributed by atoms with van der Waals surface area (Å²) in [5.41, 5.74) is 7.38. The predicted molar refractivity (Wildman–Crippen MR) is 85.8 cm³/mol. The summed E-state index contributed by atoms with van der Waals surface area (Å²) in [5, 5.41) is 0. The van der Waals surface area contributed by atoms with Crippen LogP contribution in [0.4, 0.5) is 0 Å². The van der Waals surface area contributed by atoms with Crippen molar-refractivity contribution >= 4 is 40.7 Å². The van der Waals surface area contributed by atoms with Crippen molar-refractivity contribution in [2.75, 3.05) is 13.1 Å². The third-order valence-corrected chi connectivity index (χ3v) is 4.11. The number of hydrogen-bond donors (Lipinski definition) is 1. The maximum absolute atomic E-state index is 6.03. The zero-order valence-electron chi connectivity index (χ0n) is 10.5. The molecule has 1 fully saturated rings. The minimum Gasteiger partial charge on any atom is -0.327 e. The van der Waals surface area contributed by atoms with Gasteiger partial charge in [0.1, 0.15) is 0 Å². The molecule has 0 spiro atoms. The highest BCUT2D eigenvalue weighted by atomic mass is 79.9. The Morgan fingerprint density at radius 1 is 1.33 bits per heavy atom. The van der Waals surface area contributed by atoms with Crippen molar-refractivity contribution in [1.82, 2.24) is 4.90 Å². The fourth-order valence-corrected chi connectivity index (χ4v) is 3.02. The lowest BCUT2D eigenvalue weighted by molar-refractivity contribution is 0.159. The number of halogens is 3. The number of nitrogens with two attached hydrogens (primary N) is 1. The van der Waals surface area contributed by atoms with E-state index in [2.05, 4.69) is 52.0 Å². The monoisotopic (exact) mass is 354 g/mol. The van der Waals surface area contributed by atoms with Gasteiger partial charge in [-0.25, -0.2) is 0 Å². The molecule has 2 N–H and O–H groups in total. The van der Waals surface area contributed by atoms with Gasteiger partial charge in [-0.05, 0) is 37.9 Å². The standard InChI is InChI=1S/C13H19BrN2.2ClH/c1-10(12-6-2-3-7-13(12)14)16-8-4-5-11(15)9-16;;/h2-3,6-7,10-11H,4-5,8-9,15H2,1H3;2*1H/t10?,11-;;/m1../s1. The lowest BCUT2D eigenvalue weighted by Gasteiger charge is -2.36. The van der Waals surface area contributed by atoms with Crippen molar-refractivity contribution in [2.24, 2.45) is 5.73 Å². The molecular weight excluding hydrogens is 335 g/mol. The van der Waals surface area contributed by atoms with Crippen molar-refractivity contribution in [3.63, 3.8) is 0 Å². The van der Waals surface area contributed by atoms with Crippen LogP contribution >= 0.6 is 40.7 Å². The van der Waals surface area contributed by atoms with E-state index in [0.29, 0.717) is 12.1 Å². The molecule has 1 aliphatic rings. The molecule has 1 aromatic rings. The first kappa shape index (κ1) is 18.2. The van der Waals surface area contributed by atoms with Gasteiger partial charge < -0.3 is 5.73 Å². The molecule has 0 bridgehead atoms. The van der Waals surface area contributed by atoms with E-state index >= 15 is 0 Å². The molecule has 2 atom stereocenters. The summed E-state index contributed by atoms with van der Waals surface area (Å²) >= 11 is 3.62. The molecule has 2 rings (SSSR count). The highest BCUT2D eigenvalue weighted by molar-refractivity contribution is 9.10. The lowest BCUT2D eigenvalue weighted by atomic mass is 10.0. The summed E-state index contributed by atoms with van der Waals surface area (Å²) < 4.78 is 1.20. The Kier molecular flexibility index (Phi) is 8.48. The van der Waals surface area contributed by atoms with Crippen LogP contribution in [0.2, 0.25) is 0 Å². The molecule has 1 aliphatic heterocycles. The summed E-state index contributed by atoms with van der Waals surface area (Å²) in [6.07, 6.45) is 2.38. The first-order valence-electron chi connectivity index (χ1n) is 5.92. The number of piperidine rings is 1. The van der Waals surface area contributed by atoms with Crippen LogP contribution in [0, 0.1) is 0 Å². The Morgan fingerprint density at radius 2 is 2.00 bits per heavy atom. The van der Waals surface area contributed by atoms with Crippen molar-refractivity contribution in [3.8, 4) is 0 Å². The molecule has 2 nitrogen and oxygen atoms in total. The van der Waals surface area contributed by atoms with Gasteiger partial charge in [0, 0.05) is 23.1 Å². The molecule has 0 radical (unpaired) electrons. The summed E-state index contributed by atoms with van der Waals surface area (Å²) in [6.45, 7) is 4.44. The zero-order valence-corrected chi connectivity index (χ0v) is 13.7. The minimum absolute atomic E-state index is 0. The fourth-order valence-electron chi connectivity index (χ4n) is 2.40. The van der Waals surface area contributed by atoms with Gasteiger partial charge in [-0.1, -0.05) is 34.1 Å². The van der Waals surface area contributed by atoms with Gasteiger partial charge in [0.15, 0.2) is 0 Å². The zero-order chi connectivity index (χ0) is 11.5. The second-order valence-electron chi connectivity index (χ2n) is 4.59. The average Bonchev–Trinajstić information content (AvgIpc) is 2.29. The van der Waals surface area contributed by atoms with Crippen molar-refractivity contribution in [3.05, 3.63) is 34.3 Å². The van der Waals surface area contributed by atoms with Crippen LogP contribution in [0.3, 0.4) is 0 Å². The van der Waals surface area contributed by atoms with Crippen LogP contribution in [-0.4, -0.2) is 24.0 Å². The topological polar surface area (TPSA) is 29.3 Å². The molecule has 104 valence electrons. The van der Waals surface area contributed by atoms with E-state index in [9.17, 15) is 0 Å². The minimum atomic E-state index is 0. The van der Waals surface area contributed by atoms with Gasteiger partial charge in [-0.3, -0.25) is 4.90 Å². The van der Waals surface area contributed by atoms with E-state index in [1.807, 2.05) is 0 Å². The number of likely N-dealkylation sites (tertiary alicyclic amines) is 1. The Labute approximate surface area is 130 Å². The first-order valence-corrected chi connectivity index (χ1v) is 6.72. The van der Waals surface area contributed by atoms with Gasteiger partial charge in [-0.2, -0.15) is 0 Å². The fraction of sp³-hybridized carbons (Fsp3) is 0.538. The lowest BCUT2D eigenvalue weighted by Crippen LogP contribution is -2.43. The van der Waals surface area contributed by atoms with Gasteiger partial charge >= 0.3 is 0 Å². The molecule has 0 saturated carbocycles. The Hall–Kier alpha value is 0.200. The van der Waals surface area contributed by atoms with E-state index in [4.69, 9.17) is 5.73 Å². The number of benzene rings is 1. The smallest absolute Gasteiger partial charge is 0.0331 e. The quantitative estimate of drug-likeness (QED) is 0.874. The van der Waals surface area contributed by atoms with E-state index in [1.54, 1.807) is 0 Å². The summed E-state index contributed by atoms with van der Waals surface area (Å²) in [7, 11) is 0. The second kappa shape index (κ2) is 8.39. The summed E-state index contributed by atoms with van der Waals surface area (Å²) in [5.74, 6) is 0. The van der Waals surface area contributed by atoms with Crippen LogP contribution in [-0.2, 0) is 0 Å². The molecular formula is C13H21BrCl2N2. The van der Waals surface area contributed by atoms with Gasteiger partial charge in [0.05, 0.1) is 0 Å². The van der Waals surface area contributed by atoms with Gasteiger partial charge in [0.25, 0.3) is 0 Å². The van der Waals surface area contributed by atoms with Gasteiger partial charge in [0.2, 0.25) is 0 Å². The third kappa shape index (κ3) is 4.39. The highest BCUT2D eigenvalue weighted by Gasteiger charge is 2.22. The molecule has 1 aromatic carbocycles.